The minimum atomic E-state index is -0.487. The maximum Gasteiger partial charge on any atom is 0.408 e. The molecule has 70 valence electrons. The van der Waals surface area contributed by atoms with Crippen LogP contribution in [0.3, 0.4) is 0 Å². The van der Waals surface area contributed by atoms with E-state index in [4.69, 9.17) is 11.2 Å². The third-order valence-electron chi connectivity index (χ3n) is 0.881. The van der Waals surface area contributed by atoms with E-state index >= 15 is 0 Å². The Balaban J connectivity index is 3.72. The Morgan fingerprint density at radius 3 is 2.62 bits per heavy atom. The van der Waals surface area contributed by atoms with Crippen molar-refractivity contribution in [3.8, 4) is 24.2 Å². The molecule has 0 bridgehead atoms. The molecule has 13 heavy (non-hydrogen) atoms. The zero-order chi connectivity index (χ0) is 10.3. The van der Waals surface area contributed by atoms with Gasteiger partial charge in [-0.3, -0.25) is 0 Å². The minimum Gasteiger partial charge on any atom is -0.444 e. The van der Waals surface area contributed by atoms with E-state index in [1.165, 1.54) is 0 Å². The first-order valence-electron chi connectivity index (χ1n) is 3.86. The van der Waals surface area contributed by atoms with Gasteiger partial charge in [0.2, 0.25) is 0 Å². The predicted octanol–water partition coefficient (Wildman–Crippen LogP) is 1.15. The van der Waals surface area contributed by atoms with Crippen LogP contribution in [0.5, 0.6) is 0 Å². The molecule has 0 unspecified atom stereocenters. The van der Waals surface area contributed by atoms with Crippen molar-refractivity contribution < 1.29 is 9.53 Å². The summed E-state index contributed by atoms with van der Waals surface area (Å²) >= 11 is 0. The molecule has 1 amide bonds. The van der Waals surface area contributed by atoms with Gasteiger partial charge in [0.15, 0.2) is 0 Å². The molecule has 0 atom stereocenters. The first kappa shape index (κ1) is 11.4. The lowest BCUT2D eigenvalue weighted by Crippen LogP contribution is -2.32. The minimum absolute atomic E-state index is 0.207. The summed E-state index contributed by atoms with van der Waals surface area (Å²) in [6.45, 7) is 5.58. The Morgan fingerprint density at radius 2 is 2.15 bits per heavy atom. The Labute approximate surface area is 78.8 Å². The van der Waals surface area contributed by atoms with Gasteiger partial charge >= 0.3 is 6.09 Å². The Hall–Kier alpha value is -1.61. The number of nitrogens with one attached hydrogen (secondary N) is 1. The van der Waals surface area contributed by atoms with Crippen molar-refractivity contribution in [2.24, 2.45) is 0 Å². The molecule has 1 N–H and O–H groups in total. The molecule has 0 aromatic rings. The van der Waals surface area contributed by atoms with Crippen LogP contribution in [0.1, 0.15) is 20.8 Å². The van der Waals surface area contributed by atoms with Gasteiger partial charge in [0.25, 0.3) is 0 Å². The van der Waals surface area contributed by atoms with Crippen molar-refractivity contribution in [3.05, 3.63) is 0 Å². The predicted molar refractivity (Wildman–Crippen MR) is 50.8 cm³/mol. The van der Waals surface area contributed by atoms with Gasteiger partial charge in [0.05, 0.1) is 6.54 Å². The maximum absolute atomic E-state index is 11.0. The summed E-state index contributed by atoms with van der Waals surface area (Å²) in [6, 6.07) is 0. The summed E-state index contributed by atoms with van der Waals surface area (Å²) in [5.41, 5.74) is -0.483. The van der Waals surface area contributed by atoms with E-state index in [-0.39, 0.29) is 6.54 Å². The molecule has 0 aromatic heterocycles. The highest BCUT2D eigenvalue weighted by atomic mass is 16.6. The fourth-order valence-corrected chi connectivity index (χ4v) is 0.526. The standard InChI is InChI=1S/C10H13NO2/c1-5-6-7-8-11-9(12)13-10(2,3)4/h1H,8H2,2-4H3,(H,11,12). The molecule has 0 saturated heterocycles. The van der Waals surface area contributed by atoms with Gasteiger partial charge in [-0.1, -0.05) is 5.92 Å². The molecule has 0 aliphatic carbocycles. The second-order valence-electron chi connectivity index (χ2n) is 3.30. The van der Waals surface area contributed by atoms with Crippen molar-refractivity contribution in [2.75, 3.05) is 6.54 Å². The summed E-state index contributed by atoms with van der Waals surface area (Å²) < 4.78 is 4.95. The topological polar surface area (TPSA) is 38.3 Å². The summed E-state index contributed by atoms with van der Waals surface area (Å²) in [6.07, 6.45) is 4.39. The van der Waals surface area contributed by atoms with Crippen LogP contribution in [-0.4, -0.2) is 18.2 Å². The number of carbonyl (C=O) groups is 1. The van der Waals surface area contributed by atoms with E-state index < -0.39 is 11.7 Å². The highest BCUT2D eigenvalue weighted by Gasteiger charge is 2.14. The van der Waals surface area contributed by atoms with E-state index in [1.807, 2.05) is 0 Å². The van der Waals surface area contributed by atoms with E-state index in [2.05, 4.69) is 23.1 Å². The summed E-state index contributed by atoms with van der Waals surface area (Å²) in [7, 11) is 0. The Kier molecular flexibility index (Phi) is 4.48. The molecule has 3 heteroatoms. The smallest absolute Gasteiger partial charge is 0.408 e. The van der Waals surface area contributed by atoms with E-state index in [0.29, 0.717) is 0 Å². The number of alkyl carbamates (subject to hydrolysis) is 1. The normalized spacial score (nSPS) is 9.08. The monoisotopic (exact) mass is 179 g/mol. The van der Waals surface area contributed by atoms with Gasteiger partial charge in [0.1, 0.15) is 5.60 Å². The first-order chi connectivity index (χ1) is 5.95. The average molecular weight is 179 g/mol. The highest BCUT2D eigenvalue weighted by Crippen LogP contribution is 2.05. The molecule has 0 aliphatic heterocycles. The Morgan fingerprint density at radius 1 is 1.54 bits per heavy atom. The molecular weight excluding hydrogens is 166 g/mol. The van der Waals surface area contributed by atoms with Gasteiger partial charge in [-0.15, -0.1) is 6.42 Å². The summed E-state index contributed by atoms with van der Waals surface area (Å²) in [5, 5.41) is 2.44. The van der Waals surface area contributed by atoms with Gasteiger partial charge < -0.3 is 10.1 Å². The fraction of sp³-hybridized carbons (Fsp3) is 0.500. The average Bonchev–Trinajstić information content (AvgIpc) is 1.94. The van der Waals surface area contributed by atoms with E-state index in [9.17, 15) is 4.79 Å². The Bertz CT molecular complexity index is 270. The fourth-order valence-electron chi connectivity index (χ4n) is 0.526. The molecule has 0 spiro atoms. The molecule has 0 radical (unpaired) electrons. The van der Waals surface area contributed by atoms with Crippen molar-refractivity contribution >= 4 is 6.09 Å². The maximum atomic E-state index is 11.0. The van der Waals surface area contributed by atoms with Crippen LogP contribution in [-0.2, 0) is 4.74 Å². The number of rotatable bonds is 1. The van der Waals surface area contributed by atoms with Crippen LogP contribution < -0.4 is 5.32 Å². The zero-order valence-electron chi connectivity index (χ0n) is 8.10. The van der Waals surface area contributed by atoms with Crippen LogP contribution in [0.4, 0.5) is 4.79 Å². The number of amides is 1. The second kappa shape index (κ2) is 5.11. The lowest BCUT2D eigenvalue weighted by atomic mass is 10.2. The van der Waals surface area contributed by atoms with Crippen molar-refractivity contribution in [1.29, 1.82) is 0 Å². The van der Waals surface area contributed by atoms with Crippen LogP contribution in [0.25, 0.3) is 0 Å². The number of ether oxygens (including phenoxy) is 1. The van der Waals surface area contributed by atoms with Gasteiger partial charge in [-0.25, -0.2) is 4.79 Å². The lowest BCUT2D eigenvalue weighted by molar-refractivity contribution is 0.0535. The quantitative estimate of drug-likeness (QED) is 0.613. The number of hydrogen-bond donors (Lipinski definition) is 1. The van der Waals surface area contributed by atoms with Crippen molar-refractivity contribution in [1.82, 2.24) is 5.32 Å². The molecule has 3 nitrogen and oxygen atoms in total. The van der Waals surface area contributed by atoms with Gasteiger partial charge in [-0.05, 0) is 32.6 Å². The van der Waals surface area contributed by atoms with Crippen LogP contribution in [0.2, 0.25) is 0 Å². The van der Waals surface area contributed by atoms with Gasteiger partial charge in [0, 0.05) is 0 Å². The highest BCUT2D eigenvalue weighted by molar-refractivity contribution is 5.68. The molecule has 0 aromatic carbocycles. The molecule has 0 saturated carbocycles. The number of hydrogen-bond acceptors (Lipinski definition) is 2. The van der Waals surface area contributed by atoms with E-state index in [0.717, 1.165) is 0 Å². The van der Waals surface area contributed by atoms with Crippen LogP contribution in [0.15, 0.2) is 0 Å². The largest absolute Gasteiger partial charge is 0.444 e. The van der Waals surface area contributed by atoms with Crippen LogP contribution >= 0.6 is 0 Å². The van der Waals surface area contributed by atoms with Crippen LogP contribution in [0, 0.1) is 24.2 Å². The molecule has 0 aliphatic rings. The second-order valence-corrected chi connectivity index (χ2v) is 3.30. The lowest BCUT2D eigenvalue weighted by Gasteiger charge is -2.18. The molecule has 0 heterocycles. The molecular formula is C10H13NO2. The third-order valence-corrected chi connectivity index (χ3v) is 0.881. The summed E-state index contributed by atoms with van der Waals surface area (Å²) in [4.78, 5) is 11.0. The molecule has 0 fully saturated rings. The van der Waals surface area contributed by atoms with Crippen molar-refractivity contribution in [3.63, 3.8) is 0 Å². The summed E-state index contributed by atoms with van der Waals surface area (Å²) in [5.74, 6) is 7.06. The van der Waals surface area contributed by atoms with E-state index in [1.54, 1.807) is 20.8 Å². The SMILES string of the molecule is C#CC#CCNC(=O)OC(C)(C)C. The van der Waals surface area contributed by atoms with Gasteiger partial charge in [-0.2, -0.15) is 0 Å². The number of terminal acetylenes is 1. The molecule has 0 rings (SSSR count). The zero-order valence-corrected chi connectivity index (χ0v) is 8.10. The van der Waals surface area contributed by atoms with Crippen molar-refractivity contribution in [2.45, 2.75) is 26.4 Å². The first-order valence-corrected chi connectivity index (χ1v) is 3.86. The third kappa shape index (κ3) is 8.29. The number of carbonyl (C=O) groups excluding carboxylic acids is 1.